The van der Waals surface area contributed by atoms with E-state index in [4.69, 9.17) is 4.74 Å². The van der Waals surface area contributed by atoms with E-state index in [0.29, 0.717) is 12.2 Å². The molecular formula is C13H16F3NO. The van der Waals surface area contributed by atoms with Crippen LogP contribution in [-0.4, -0.2) is 19.3 Å². The van der Waals surface area contributed by atoms with Crippen molar-refractivity contribution in [3.63, 3.8) is 0 Å². The van der Waals surface area contributed by atoms with Crippen LogP contribution in [0.4, 0.5) is 18.9 Å². The highest BCUT2D eigenvalue weighted by atomic mass is 19.4. The zero-order valence-electron chi connectivity index (χ0n) is 9.96. The Bertz CT molecular complexity index is 386. The molecule has 0 amide bonds. The highest BCUT2D eigenvalue weighted by Crippen LogP contribution is 2.30. The fourth-order valence-electron chi connectivity index (χ4n) is 2.05. The highest BCUT2D eigenvalue weighted by molar-refractivity contribution is 5.46. The molecule has 1 aliphatic heterocycles. The monoisotopic (exact) mass is 259 g/mol. The Labute approximate surface area is 104 Å². The molecule has 0 bridgehead atoms. The van der Waals surface area contributed by atoms with Gasteiger partial charge in [0.05, 0.1) is 11.7 Å². The van der Waals surface area contributed by atoms with E-state index in [9.17, 15) is 13.2 Å². The molecule has 1 aromatic rings. The highest BCUT2D eigenvalue weighted by Gasteiger charge is 2.30. The second-order valence-electron chi connectivity index (χ2n) is 4.43. The summed E-state index contributed by atoms with van der Waals surface area (Å²) in [6.45, 7) is 1.43. The van der Waals surface area contributed by atoms with Gasteiger partial charge in [0.2, 0.25) is 0 Å². The summed E-state index contributed by atoms with van der Waals surface area (Å²) >= 11 is 0. The van der Waals surface area contributed by atoms with Crippen molar-refractivity contribution in [3.8, 4) is 0 Å². The molecular weight excluding hydrogens is 243 g/mol. The summed E-state index contributed by atoms with van der Waals surface area (Å²) in [6, 6.07) is 5.27. The van der Waals surface area contributed by atoms with Gasteiger partial charge in [-0.05, 0) is 37.5 Å². The molecule has 0 saturated carbocycles. The van der Waals surface area contributed by atoms with Crippen molar-refractivity contribution in [2.75, 3.05) is 18.5 Å². The summed E-state index contributed by atoms with van der Waals surface area (Å²) in [7, 11) is 0. The van der Waals surface area contributed by atoms with Crippen molar-refractivity contribution in [1.82, 2.24) is 0 Å². The molecule has 5 heteroatoms. The first-order chi connectivity index (χ1) is 8.55. The van der Waals surface area contributed by atoms with Gasteiger partial charge in [-0.3, -0.25) is 0 Å². The Morgan fingerprint density at radius 1 is 1.33 bits per heavy atom. The second kappa shape index (κ2) is 5.61. The lowest BCUT2D eigenvalue weighted by atomic mass is 10.1. The maximum Gasteiger partial charge on any atom is 0.416 e. The molecule has 0 aliphatic carbocycles. The number of halogens is 3. The van der Waals surface area contributed by atoms with Gasteiger partial charge in [0.15, 0.2) is 0 Å². The minimum Gasteiger partial charge on any atom is -0.385 e. The molecule has 1 aromatic carbocycles. The van der Waals surface area contributed by atoms with Crippen LogP contribution in [0.1, 0.15) is 24.8 Å². The molecule has 2 nitrogen and oxygen atoms in total. The smallest absolute Gasteiger partial charge is 0.385 e. The third kappa shape index (κ3) is 3.63. The zero-order chi connectivity index (χ0) is 13.0. The molecule has 1 fully saturated rings. The van der Waals surface area contributed by atoms with Crippen molar-refractivity contribution in [1.29, 1.82) is 0 Å². The van der Waals surface area contributed by atoms with E-state index in [2.05, 4.69) is 5.32 Å². The molecule has 1 N–H and O–H groups in total. The summed E-state index contributed by atoms with van der Waals surface area (Å²) in [4.78, 5) is 0. The van der Waals surface area contributed by atoms with Gasteiger partial charge >= 0.3 is 6.18 Å². The van der Waals surface area contributed by atoms with Gasteiger partial charge in [-0.2, -0.15) is 13.2 Å². The van der Waals surface area contributed by atoms with E-state index < -0.39 is 11.7 Å². The number of alkyl halides is 3. The standard InChI is InChI=1S/C13H16F3NO/c14-13(15,16)10-3-1-4-11(9-10)17-7-6-12-5-2-8-18-12/h1,3-4,9,12,17H,2,5-8H2. The SMILES string of the molecule is FC(F)(F)c1cccc(NCCC2CCCO2)c1. The predicted molar refractivity (Wildman–Crippen MR) is 63.5 cm³/mol. The average Bonchev–Trinajstić information content (AvgIpc) is 2.81. The maximum absolute atomic E-state index is 12.5. The third-order valence-corrected chi connectivity index (χ3v) is 3.01. The van der Waals surface area contributed by atoms with Crippen molar-refractivity contribution in [3.05, 3.63) is 29.8 Å². The molecule has 2 rings (SSSR count). The van der Waals surface area contributed by atoms with E-state index in [0.717, 1.165) is 38.0 Å². The van der Waals surface area contributed by atoms with Crippen LogP contribution in [0.3, 0.4) is 0 Å². The lowest BCUT2D eigenvalue weighted by Crippen LogP contribution is -2.13. The Morgan fingerprint density at radius 2 is 2.17 bits per heavy atom. The number of hydrogen-bond donors (Lipinski definition) is 1. The minimum absolute atomic E-state index is 0.253. The van der Waals surface area contributed by atoms with Gasteiger partial charge in [-0.1, -0.05) is 6.07 Å². The van der Waals surface area contributed by atoms with Crippen LogP contribution >= 0.6 is 0 Å². The van der Waals surface area contributed by atoms with Crippen LogP contribution in [0.25, 0.3) is 0 Å². The van der Waals surface area contributed by atoms with Crippen LogP contribution in [0.5, 0.6) is 0 Å². The predicted octanol–water partition coefficient (Wildman–Crippen LogP) is 3.69. The van der Waals surface area contributed by atoms with Crippen molar-refractivity contribution in [2.24, 2.45) is 0 Å². The van der Waals surface area contributed by atoms with E-state index in [1.807, 2.05) is 0 Å². The Morgan fingerprint density at radius 3 is 2.83 bits per heavy atom. The fraction of sp³-hybridized carbons (Fsp3) is 0.538. The van der Waals surface area contributed by atoms with Crippen LogP contribution in [0.2, 0.25) is 0 Å². The summed E-state index contributed by atoms with van der Waals surface area (Å²) in [5.41, 5.74) is -0.118. The van der Waals surface area contributed by atoms with E-state index in [1.54, 1.807) is 6.07 Å². The van der Waals surface area contributed by atoms with E-state index in [1.165, 1.54) is 6.07 Å². The fourth-order valence-corrected chi connectivity index (χ4v) is 2.05. The van der Waals surface area contributed by atoms with Crippen LogP contribution < -0.4 is 5.32 Å². The van der Waals surface area contributed by atoms with Crippen LogP contribution in [0, 0.1) is 0 Å². The third-order valence-electron chi connectivity index (χ3n) is 3.01. The van der Waals surface area contributed by atoms with Gasteiger partial charge < -0.3 is 10.1 Å². The number of benzene rings is 1. The maximum atomic E-state index is 12.5. The van der Waals surface area contributed by atoms with Gasteiger partial charge in [0.1, 0.15) is 0 Å². The number of anilines is 1. The van der Waals surface area contributed by atoms with E-state index >= 15 is 0 Å². The molecule has 1 heterocycles. The molecule has 1 unspecified atom stereocenters. The number of rotatable bonds is 4. The summed E-state index contributed by atoms with van der Waals surface area (Å²) in [5, 5.41) is 3.00. The zero-order valence-corrected chi connectivity index (χ0v) is 9.96. The lowest BCUT2D eigenvalue weighted by Gasteiger charge is -2.12. The van der Waals surface area contributed by atoms with E-state index in [-0.39, 0.29) is 6.10 Å². The molecule has 18 heavy (non-hydrogen) atoms. The molecule has 1 atom stereocenters. The topological polar surface area (TPSA) is 21.3 Å². The first kappa shape index (κ1) is 13.2. The average molecular weight is 259 g/mol. The second-order valence-corrected chi connectivity index (χ2v) is 4.43. The normalized spacial score (nSPS) is 20.1. The first-order valence-corrected chi connectivity index (χ1v) is 6.08. The quantitative estimate of drug-likeness (QED) is 0.890. The minimum atomic E-state index is -4.29. The lowest BCUT2D eigenvalue weighted by molar-refractivity contribution is -0.137. The number of hydrogen-bond acceptors (Lipinski definition) is 2. The van der Waals surface area contributed by atoms with Gasteiger partial charge in [0.25, 0.3) is 0 Å². The summed E-state index contributed by atoms with van der Waals surface area (Å²) < 4.78 is 42.9. The van der Waals surface area contributed by atoms with Crippen LogP contribution in [-0.2, 0) is 10.9 Å². The van der Waals surface area contributed by atoms with Crippen molar-refractivity contribution in [2.45, 2.75) is 31.5 Å². The molecule has 100 valence electrons. The van der Waals surface area contributed by atoms with Gasteiger partial charge in [-0.25, -0.2) is 0 Å². The molecule has 0 spiro atoms. The number of ether oxygens (including phenoxy) is 1. The molecule has 1 saturated heterocycles. The number of nitrogens with one attached hydrogen (secondary N) is 1. The molecule has 0 aromatic heterocycles. The van der Waals surface area contributed by atoms with Crippen LogP contribution in [0.15, 0.2) is 24.3 Å². The Balaban J connectivity index is 1.85. The Kier molecular flexibility index (Phi) is 4.11. The molecule has 0 radical (unpaired) electrons. The van der Waals surface area contributed by atoms with Crippen molar-refractivity contribution < 1.29 is 17.9 Å². The summed E-state index contributed by atoms with van der Waals surface area (Å²) in [5.74, 6) is 0. The van der Waals surface area contributed by atoms with Crippen molar-refractivity contribution >= 4 is 5.69 Å². The Hall–Kier alpha value is -1.23. The van der Waals surface area contributed by atoms with Gasteiger partial charge in [0, 0.05) is 18.8 Å². The molecule has 1 aliphatic rings. The first-order valence-electron chi connectivity index (χ1n) is 6.08. The largest absolute Gasteiger partial charge is 0.416 e. The van der Waals surface area contributed by atoms with Gasteiger partial charge in [-0.15, -0.1) is 0 Å². The summed E-state index contributed by atoms with van der Waals surface area (Å²) in [6.07, 6.45) is -1.08.